The van der Waals surface area contributed by atoms with Crippen LogP contribution in [0.5, 0.6) is 5.75 Å². The van der Waals surface area contributed by atoms with Crippen LogP contribution in [0.3, 0.4) is 0 Å². The van der Waals surface area contributed by atoms with Gasteiger partial charge in [0.1, 0.15) is 5.75 Å². The maximum atomic E-state index is 9.73. The first-order valence-corrected chi connectivity index (χ1v) is 7.60. The summed E-state index contributed by atoms with van der Waals surface area (Å²) in [4.78, 5) is 2.32. The van der Waals surface area contributed by atoms with E-state index >= 15 is 0 Å². The molecule has 0 amide bonds. The lowest BCUT2D eigenvalue weighted by Gasteiger charge is -2.22. The van der Waals surface area contributed by atoms with E-state index in [9.17, 15) is 5.11 Å². The molecule has 0 saturated heterocycles. The maximum absolute atomic E-state index is 9.73. The van der Waals surface area contributed by atoms with Crippen molar-refractivity contribution >= 4 is 0 Å². The van der Waals surface area contributed by atoms with Crippen molar-refractivity contribution in [3.63, 3.8) is 0 Å². The molecule has 0 aliphatic heterocycles. The molecule has 114 valence electrons. The Kier molecular flexibility index (Phi) is 7.03. The molecule has 0 saturated carbocycles. The summed E-state index contributed by atoms with van der Waals surface area (Å²) >= 11 is 0. The fourth-order valence-electron chi connectivity index (χ4n) is 2.30. The monoisotopic (exact) mass is 279 g/mol. The summed E-state index contributed by atoms with van der Waals surface area (Å²) in [6.07, 6.45) is 0.750. The van der Waals surface area contributed by atoms with Crippen LogP contribution in [0.4, 0.5) is 0 Å². The first-order valence-electron chi connectivity index (χ1n) is 7.60. The van der Waals surface area contributed by atoms with Crippen LogP contribution in [0.2, 0.25) is 0 Å². The minimum atomic E-state index is -0.440. The summed E-state index contributed by atoms with van der Waals surface area (Å²) in [6.45, 7) is 10.9. The second-order valence-electron chi connectivity index (χ2n) is 5.69. The normalized spacial score (nSPS) is 14.3. The minimum Gasteiger partial charge on any atom is -0.494 e. The molecule has 0 spiro atoms. The zero-order valence-electron chi connectivity index (χ0n) is 13.5. The minimum absolute atomic E-state index is 0.440. The van der Waals surface area contributed by atoms with E-state index in [4.69, 9.17) is 4.74 Å². The number of hydrogen-bond donors (Lipinski definition) is 1. The fraction of sp³-hybridized carbons (Fsp3) is 0.647. The summed E-state index contributed by atoms with van der Waals surface area (Å²) in [5.74, 6) is 1.61. The molecule has 1 aromatic carbocycles. The second kappa shape index (κ2) is 8.28. The number of nitrogens with zero attached hydrogens (tertiary/aromatic N) is 1. The molecule has 0 fully saturated rings. The molecule has 0 aromatic heterocycles. The number of rotatable bonds is 8. The van der Waals surface area contributed by atoms with E-state index in [-0.39, 0.29) is 0 Å². The van der Waals surface area contributed by atoms with Crippen LogP contribution in [0.25, 0.3) is 0 Å². The number of hydrogen-bond acceptors (Lipinski definition) is 3. The van der Waals surface area contributed by atoms with Crippen molar-refractivity contribution in [1.29, 1.82) is 0 Å². The number of aliphatic hydroxyl groups excluding tert-OH is 1. The Morgan fingerprint density at radius 1 is 1.25 bits per heavy atom. The highest BCUT2D eigenvalue weighted by atomic mass is 16.5. The van der Waals surface area contributed by atoms with Crippen LogP contribution in [0, 0.1) is 5.92 Å². The van der Waals surface area contributed by atoms with Gasteiger partial charge in [-0.05, 0) is 44.5 Å². The molecule has 3 heteroatoms. The average Bonchev–Trinajstić information content (AvgIpc) is 2.40. The van der Waals surface area contributed by atoms with Gasteiger partial charge in [0.05, 0.1) is 12.7 Å². The van der Waals surface area contributed by atoms with E-state index in [1.807, 2.05) is 19.1 Å². The van der Waals surface area contributed by atoms with Gasteiger partial charge in [-0.15, -0.1) is 0 Å². The predicted molar refractivity (Wildman–Crippen MR) is 84.0 cm³/mol. The van der Waals surface area contributed by atoms with Gasteiger partial charge in [0.25, 0.3) is 0 Å². The molecule has 2 atom stereocenters. The standard InChI is InChI=1S/C17H29NO2/c1-6-13(3)11-18(5)12-16-10-15(14(4)19)8-9-17(16)20-7-2/h8-10,13-14,19H,6-7,11-12H2,1-5H3. The molecule has 1 aromatic rings. The summed E-state index contributed by atoms with van der Waals surface area (Å²) in [6, 6.07) is 5.97. The zero-order chi connectivity index (χ0) is 15.1. The van der Waals surface area contributed by atoms with E-state index in [1.165, 1.54) is 6.42 Å². The highest BCUT2D eigenvalue weighted by Crippen LogP contribution is 2.25. The highest BCUT2D eigenvalue weighted by Gasteiger charge is 2.11. The summed E-state index contributed by atoms with van der Waals surface area (Å²) in [5.41, 5.74) is 2.09. The molecule has 0 radical (unpaired) electrons. The molecule has 0 aliphatic carbocycles. The zero-order valence-corrected chi connectivity index (χ0v) is 13.5. The Bertz CT molecular complexity index is 404. The lowest BCUT2D eigenvalue weighted by Crippen LogP contribution is -2.24. The Morgan fingerprint density at radius 3 is 2.50 bits per heavy atom. The van der Waals surface area contributed by atoms with E-state index < -0.39 is 6.10 Å². The third-order valence-electron chi connectivity index (χ3n) is 3.63. The Morgan fingerprint density at radius 2 is 1.95 bits per heavy atom. The van der Waals surface area contributed by atoms with E-state index in [0.717, 1.165) is 30.0 Å². The molecular formula is C17H29NO2. The molecule has 3 nitrogen and oxygen atoms in total. The smallest absolute Gasteiger partial charge is 0.123 e. The average molecular weight is 279 g/mol. The van der Waals surface area contributed by atoms with Gasteiger partial charge in [-0.25, -0.2) is 0 Å². The highest BCUT2D eigenvalue weighted by molar-refractivity contribution is 5.38. The predicted octanol–water partition coefficient (Wildman–Crippen LogP) is 3.62. The van der Waals surface area contributed by atoms with Crippen LogP contribution in [-0.2, 0) is 6.54 Å². The van der Waals surface area contributed by atoms with Crippen LogP contribution < -0.4 is 4.74 Å². The van der Waals surface area contributed by atoms with Gasteiger partial charge in [0, 0.05) is 18.7 Å². The maximum Gasteiger partial charge on any atom is 0.123 e. The number of benzene rings is 1. The van der Waals surface area contributed by atoms with Crippen molar-refractivity contribution in [3.05, 3.63) is 29.3 Å². The summed E-state index contributed by atoms with van der Waals surface area (Å²) in [5, 5.41) is 9.73. The fourth-order valence-corrected chi connectivity index (χ4v) is 2.30. The van der Waals surface area contributed by atoms with Gasteiger partial charge in [0.15, 0.2) is 0 Å². The van der Waals surface area contributed by atoms with E-state index in [2.05, 4.69) is 31.9 Å². The van der Waals surface area contributed by atoms with Crippen molar-refractivity contribution in [3.8, 4) is 5.75 Å². The summed E-state index contributed by atoms with van der Waals surface area (Å²) in [7, 11) is 2.14. The topological polar surface area (TPSA) is 32.7 Å². The molecule has 20 heavy (non-hydrogen) atoms. The van der Waals surface area contributed by atoms with Crippen molar-refractivity contribution in [1.82, 2.24) is 4.90 Å². The largest absolute Gasteiger partial charge is 0.494 e. The van der Waals surface area contributed by atoms with Crippen molar-refractivity contribution in [2.24, 2.45) is 5.92 Å². The number of aliphatic hydroxyl groups is 1. The first kappa shape index (κ1) is 17.0. The van der Waals surface area contributed by atoms with Gasteiger partial charge < -0.3 is 14.7 Å². The second-order valence-corrected chi connectivity index (χ2v) is 5.69. The quantitative estimate of drug-likeness (QED) is 0.789. The van der Waals surface area contributed by atoms with Gasteiger partial charge in [-0.3, -0.25) is 0 Å². The van der Waals surface area contributed by atoms with Gasteiger partial charge in [-0.1, -0.05) is 26.3 Å². The van der Waals surface area contributed by atoms with Crippen LogP contribution in [-0.4, -0.2) is 30.2 Å². The molecule has 2 unspecified atom stereocenters. The SMILES string of the molecule is CCOc1ccc(C(C)O)cc1CN(C)CC(C)CC. The van der Waals surface area contributed by atoms with Crippen molar-refractivity contribution in [2.45, 2.75) is 46.8 Å². The Labute approximate surface area is 123 Å². The molecular weight excluding hydrogens is 250 g/mol. The Hall–Kier alpha value is -1.06. The van der Waals surface area contributed by atoms with E-state index in [0.29, 0.717) is 12.5 Å². The Balaban J connectivity index is 2.86. The lowest BCUT2D eigenvalue weighted by atomic mass is 10.0. The molecule has 0 heterocycles. The molecule has 1 N–H and O–H groups in total. The molecule has 0 aliphatic rings. The first-order chi connectivity index (χ1) is 9.47. The van der Waals surface area contributed by atoms with Crippen molar-refractivity contribution < 1.29 is 9.84 Å². The summed E-state index contributed by atoms with van der Waals surface area (Å²) < 4.78 is 5.70. The third-order valence-corrected chi connectivity index (χ3v) is 3.63. The van der Waals surface area contributed by atoms with Crippen LogP contribution in [0.1, 0.15) is 51.3 Å². The number of ether oxygens (including phenoxy) is 1. The molecule has 0 bridgehead atoms. The van der Waals surface area contributed by atoms with Crippen LogP contribution in [0.15, 0.2) is 18.2 Å². The van der Waals surface area contributed by atoms with E-state index in [1.54, 1.807) is 6.92 Å². The molecule has 1 rings (SSSR count). The van der Waals surface area contributed by atoms with Gasteiger partial charge >= 0.3 is 0 Å². The van der Waals surface area contributed by atoms with Gasteiger partial charge in [0.2, 0.25) is 0 Å². The third kappa shape index (κ3) is 5.14. The lowest BCUT2D eigenvalue weighted by molar-refractivity contribution is 0.198. The van der Waals surface area contributed by atoms with Crippen LogP contribution >= 0.6 is 0 Å². The van der Waals surface area contributed by atoms with Gasteiger partial charge in [-0.2, -0.15) is 0 Å². The van der Waals surface area contributed by atoms with Crippen molar-refractivity contribution in [2.75, 3.05) is 20.2 Å².